The number of hydrogen-bond acceptors (Lipinski definition) is 5. The molecule has 0 bridgehead atoms. The van der Waals surface area contributed by atoms with Crippen molar-refractivity contribution in [3.05, 3.63) is 81.4 Å². The first kappa shape index (κ1) is 32.6. The van der Waals surface area contributed by atoms with Crippen LogP contribution >= 0.6 is 0 Å². The van der Waals surface area contributed by atoms with E-state index in [1.807, 2.05) is 19.9 Å². The highest BCUT2D eigenvalue weighted by atomic mass is 19.1. The predicted octanol–water partition coefficient (Wildman–Crippen LogP) is 7.25. The summed E-state index contributed by atoms with van der Waals surface area (Å²) in [5, 5.41) is 10.0. The fraction of sp³-hybridized carbons (Fsp3) is 0.526. The lowest BCUT2D eigenvalue weighted by Crippen LogP contribution is -2.39. The summed E-state index contributed by atoms with van der Waals surface area (Å²) in [6, 6.07) is 11.7. The van der Waals surface area contributed by atoms with Gasteiger partial charge < -0.3 is 10.0 Å². The number of halogens is 2. The zero-order valence-corrected chi connectivity index (χ0v) is 27.8. The summed E-state index contributed by atoms with van der Waals surface area (Å²) in [4.78, 5) is 24.3. The zero-order valence-electron chi connectivity index (χ0n) is 27.8. The van der Waals surface area contributed by atoms with E-state index >= 15 is 0 Å². The third-order valence-electron chi connectivity index (χ3n) is 10.4. The number of alkyl halides is 1. The minimum atomic E-state index is -0.861. The van der Waals surface area contributed by atoms with Crippen molar-refractivity contribution in [2.75, 3.05) is 37.6 Å². The summed E-state index contributed by atoms with van der Waals surface area (Å²) in [6.07, 6.45) is 3.46. The van der Waals surface area contributed by atoms with E-state index in [0.717, 1.165) is 110 Å². The molecule has 2 saturated heterocycles. The molecule has 6 nitrogen and oxygen atoms in total. The first-order chi connectivity index (χ1) is 22.0. The van der Waals surface area contributed by atoms with Crippen LogP contribution in [0.25, 0.3) is 11.1 Å². The molecule has 6 rings (SSSR count). The number of benzene rings is 2. The molecule has 0 saturated carbocycles. The van der Waals surface area contributed by atoms with Gasteiger partial charge in [-0.25, -0.2) is 8.78 Å². The van der Waals surface area contributed by atoms with Crippen LogP contribution in [-0.2, 0) is 37.3 Å². The van der Waals surface area contributed by atoms with E-state index < -0.39 is 12.1 Å². The van der Waals surface area contributed by atoms with Crippen molar-refractivity contribution in [3.63, 3.8) is 0 Å². The van der Waals surface area contributed by atoms with Crippen LogP contribution in [0.4, 0.5) is 14.5 Å². The Morgan fingerprint density at radius 1 is 1.00 bits per heavy atom. The van der Waals surface area contributed by atoms with Crippen molar-refractivity contribution in [2.45, 2.75) is 92.0 Å². The van der Waals surface area contributed by atoms with Crippen LogP contribution in [0.3, 0.4) is 0 Å². The molecule has 46 heavy (non-hydrogen) atoms. The predicted molar refractivity (Wildman–Crippen MR) is 179 cm³/mol. The molecule has 0 spiro atoms. The van der Waals surface area contributed by atoms with E-state index in [1.54, 1.807) is 6.07 Å². The number of carboxylic acids is 1. The highest BCUT2D eigenvalue weighted by Gasteiger charge is 2.32. The Labute approximate surface area is 272 Å². The second-order valence-corrected chi connectivity index (χ2v) is 14.6. The van der Waals surface area contributed by atoms with Crippen LogP contribution in [0.2, 0.25) is 0 Å². The lowest BCUT2D eigenvalue weighted by Gasteiger charge is -2.41. The van der Waals surface area contributed by atoms with E-state index in [1.165, 1.54) is 17.2 Å². The summed E-state index contributed by atoms with van der Waals surface area (Å²) in [5.41, 5.74) is 10.4. The molecule has 0 radical (unpaired) electrons. The highest BCUT2D eigenvalue weighted by molar-refractivity contribution is 5.87. The summed E-state index contributed by atoms with van der Waals surface area (Å²) in [7, 11) is 0. The fourth-order valence-electron chi connectivity index (χ4n) is 7.58. The summed E-state index contributed by atoms with van der Waals surface area (Å²) in [6.45, 7) is 14.5. The fourth-order valence-corrected chi connectivity index (χ4v) is 7.58. The van der Waals surface area contributed by atoms with Crippen molar-refractivity contribution >= 4 is 11.7 Å². The maximum absolute atomic E-state index is 14.5. The summed E-state index contributed by atoms with van der Waals surface area (Å²) < 4.78 is 28.2. The van der Waals surface area contributed by atoms with E-state index in [4.69, 9.17) is 4.98 Å². The Hall–Kier alpha value is -3.36. The Kier molecular flexibility index (Phi) is 9.49. The molecule has 1 aromatic heterocycles. The quantitative estimate of drug-likeness (QED) is 0.283. The van der Waals surface area contributed by atoms with Gasteiger partial charge in [0.2, 0.25) is 0 Å². The molecule has 8 heteroatoms. The van der Waals surface area contributed by atoms with E-state index in [9.17, 15) is 18.7 Å². The highest BCUT2D eigenvalue weighted by Crippen LogP contribution is 2.43. The van der Waals surface area contributed by atoms with E-state index in [0.29, 0.717) is 19.5 Å². The molecule has 1 atom stereocenters. The van der Waals surface area contributed by atoms with Gasteiger partial charge in [-0.05, 0) is 97.9 Å². The van der Waals surface area contributed by atoms with Crippen LogP contribution in [0.5, 0.6) is 0 Å². The van der Waals surface area contributed by atoms with Gasteiger partial charge in [0.15, 0.2) is 0 Å². The summed E-state index contributed by atoms with van der Waals surface area (Å²) in [5.74, 6) is -1.06. The molecule has 1 N–H and O–H groups in total. The molecule has 3 aromatic rings. The van der Waals surface area contributed by atoms with Gasteiger partial charge in [0.1, 0.15) is 12.0 Å². The minimum Gasteiger partial charge on any atom is -0.481 e. The molecule has 0 aliphatic carbocycles. The van der Waals surface area contributed by atoms with Crippen molar-refractivity contribution in [2.24, 2.45) is 5.41 Å². The maximum atomic E-state index is 14.5. The largest absolute Gasteiger partial charge is 0.481 e. The number of carbonyl (C=O) groups is 1. The van der Waals surface area contributed by atoms with E-state index in [2.05, 4.69) is 46.7 Å². The van der Waals surface area contributed by atoms with Crippen molar-refractivity contribution in [3.8, 4) is 11.1 Å². The van der Waals surface area contributed by atoms with E-state index in [-0.39, 0.29) is 17.7 Å². The number of anilines is 1. The SMILES string of the molecule is Cc1cc(F)ccc1CN1CCc2cc(-c3c(CN4CCCC(F)C4)nc(C)c(CC(=O)O)c3N3CCC(C)(C)CC3)ccc2C1. The lowest BCUT2D eigenvalue weighted by molar-refractivity contribution is -0.136. The number of fused-ring (bicyclic) bond motifs is 1. The number of aliphatic carboxylic acids is 1. The van der Waals surface area contributed by atoms with Gasteiger partial charge in [-0.1, -0.05) is 38.1 Å². The molecule has 1 unspecified atom stereocenters. The molecule has 3 aliphatic rings. The Morgan fingerprint density at radius 2 is 1.78 bits per heavy atom. The van der Waals surface area contributed by atoms with Gasteiger partial charge in [0, 0.05) is 62.6 Å². The number of pyridine rings is 1. The van der Waals surface area contributed by atoms with Crippen LogP contribution < -0.4 is 4.90 Å². The smallest absolute Gasteiger partial charge is 0.307 e. The first-order valence-electron chi connectivity index (χ1n) is 16.9. The number of aromatic nitrogens is 1. The standard InChI is InChI=1S/C38H48F2N4O2/c1-25-18-31(39)10-9-29(25)21-43-15-11-27-19-28(7-8-30(27)22-43)36-34(24-42-14-5-6-32(40)23-42)41-26(2)33(20-35(45)46)37(36)44-16-12-38(3,4)13-17-44/h7-10,18-19,32H,5-6,11-17,20-24H2,1-4H3,(H,45,46). The van der Waals surface area contributed by atoms with Crippen LogP contribution in [0.1, 0.15) is 78.7 Å². The number of piperidine rings is 2. The molecule has 2 fully saturated rings. The third-order valence-corrected chi connectivity index (χ3v) is 10.4. The molecule has 2 aromatic carbocycles. The Balaban J connectivity index is 1.40. The topological polar surface area (TPSA) is 59.9 Å². The normalized spacial score (nSPS) is 20.5. The number of nitrogens with zero attached hydrogens (tertiary/aromatic N) is 4. The Morgan fingerprint density at radius 3 is 2.50 bits per heavy atom. The average molecular weight is 631 g/mol. The van der Waals surface area contributed by atoms with Gasteiger partial charge in [0.25, 0.3) is 0 Å². The third kappa shape index (κ3) is 7.28. The maximum Gasteiger partial charge on any atom is 0.307 e. The lowest BCUT2D eigenvalue weighted by atomic mass is 9.81. The van der Waals surface area contributed by atoms with Gasteiger partial charge in [0.05, 0.1) is 17.8 Å². The van der Waals surface area contributed by atoms with Gasteiger partial charge in [-0.15, -0.1) is 0 Å². The molecular weight excluding hydrogens is 582 g/mol. The number of hydrogen-bond donors (Lipinski definition) is 1. The Bertz CT molecular complexity index is 1600. The molecule has 246 valence electrons. The number of aryl methyl sites for hydroxylation is 2. The minimum absolute atomic E-state index is 0.0830. The number of likely N-dealkylation sites (tertiary alicyclic amines) is 1. The second kappa shape index (κ2) is 13.4. The van der Waals surface area contributed by atoms with Gasteiger partial charge >= 0.3 is 5.97 Å². The van der Waals surface area contributed by atoms with Crippen molar-refractivity contribution < 1.29 is 18.7 Å². The van der Waals surface area contributed by atoms with Gasteiger partial charge in [-0.2, -0.15) is 0 Å². The summed E-state index contributed by atoms with van der Waals surface area (Å²) >= 11 is 0. The monoisotopic (exact) mass is 630 g/mol. The second-order valence-electron chi connectivity index (χ2n) is 14.6. The average Bonchev–Trinajstić information content (AvgIpc) is 2.99. The van der Waals surface area contributed by atoms with Crippen molar-refractivity contribution in [1.29, 1.82) is 0 Å². The number of carboxylic acid groups (broad SMARTS) is 1. The van der Waals surface area contributed by atoms with Crippen molar-refractivity contribution in [1.82, 2.24) is 14.8 Å². The van der Waals surface area contributed by atoms with Crippen LogP contribution in [0, 0.1) is 25.1 Å². The molecule has 4 heterocycles. The zero-order chi connectivity index (χ0) is 32.6. The molecule has 3 aliphatic heterocycles. The van der Waals surface area contributed by atoms with Crippen LogP contribution in [0.15, 0.2) is 36.4 Å². The molecular formula is C38H48F2N4O2. The first-order valence-corrected chi connectivity index (χ1v) is 16.9. The van der Waals surface area contributed by atoms with Gasteiger partial charge in [-0.3, -0.25) is 19.6 Å². The molecule has 0 amide bonds. The number of rotatable bonds is 8. The van der Waals surface area contributed by atoms with Crippen LogP contribution in [-0.4, -0.2) is 64.8 Å².